The average Bonchev–Trinajstić information content (AvgIpc) is 2.57. The molecule has 0 saturated heterocycles. The van der Waals surface area contributed by atoms with Crippen molar-refractivity contribution in [3.63, 3.8) is 0 Å². The van der Waals surface area contributed by atoms with Gasteiger partial charge in [-0.25, -0.2) is 4.68 Å². The van der Waals surface area contributed by atoms with Crippen molar-refractivity contribution in [1.82, 2.24) is 15.1 Å². The van der Waals surface area contributed by atoms with Crippen molar-refractivity contribution < 1.29 is 14.3 Å². The number of nitrogens with one attached hydrogen (secondary N) is 1. The van der Waals surface area contributed by atoms with Crippen LogP contribution in [0.2, 0.25) is 0 Å². The van der Waals surface area contributed by atoms with Gasteiger partial charge in [0, 0.05) is 25.3 Å². The van der Waals surface area contributed by atoms with Crippen LogP contribution in [-0.4, -0.2) is 43.1 Å². The van der Waals surface area contributed by atoms with E-state index in [0.29, 0.717) is 18.8 Å². The molecule has 0 aliphatic heterocycles. The predicted octanol–water partition coefficient (Wildman–Crippen LogP) is 0.681. The second-order valence-corrected chi connectivity index (χ2v) is 4.79. The van der Waals surface area contributed by atoms with Crippen molar-refractivity contribution in [3.05, 3.63) is 46.8 Å². The molecule has 1 N–H and O–H groups in total. The van der Waals surface area contributed by atoms with Crippen LogP contribution in [0, 0.1) is 0 Å². The van der Waals surface area contributed by atoms with E-state index in [1.807, 2.05) is 24.3 Å². The summed E-state index contributed by atoms with van der Waals surface area (Å²) in [6.07, 6.45) is 0. The molecule has 1 heterocycles. The van der Waals surface area contributed by atoms with E-state index in [4.69, 9.17) is 9.47 Å². The Balaban J connectivity index is 2.14. The molecule has 1 aromatic heterocycles. The highest BCUT2D eigenvalue weighted by atomic mass is 16.5. The number of methoxy groups -OCH3 is 2. The summed E-state index contributed by atoms with van der Waals surface area (Å²) in [6.45, 7) is 0.675. The zero-order chi connectivity index (χ0) is 16.7. The Labute approximate surface area is 133 Å². The monoisotopic (exact) mass is 317 g/mol. The Bertz CT molecular complexity index is 710. The Morgan fingerprint density at radius 1 is 1.17 bits per heavy atom. The molecule has 0 fully saturated rings. The van der Waals surface area contributed by atoms with Crippen LogP contribution in [0.1, 0.15) is 0 Å². The van der Waals surface area contributed by atoms with Crippen molar-refractivity contribution in [3.8, 4) is 17.0 Å². The normalized spacial score (nSPS) is 10.3. The predicted molar refractivity (Wildman–Crippen MR) is 85.4 cm³/mol. The summed E-state index contributed by atoms with van der Waals surface area (Å²) in [5, 5.41) is 6.89. The standard InChI is InChI=1S/C16H19N3O4/c1-22-10-9-17-15(20)11-19-16(21)8-7-14(18-19)12-3-5-13(23-2)6-4-12/h3-8H,9-11H2,1-2H3,(H,17,20). The lowest BCUT2D eigenvalue weighted by Crippen LogP contribution is -2.35. The number of benzene rings is 1. The highest BCUT2D eigenvalue weighted by molar-refractivity contribution is 5.75. The molecule has 1 amide bonds. The number of aromatic nitrogens is 2. The lowest BCUT2D eigenvalue weighted by Gasteiger charge is -2.08. The third-order valence-electron chi connectivity index (χ3n) is 3.17. The van der Waals surface area contributed by atoms with Crippen LogP contribution in [0.15, 0.2) is 41.2 Å². The van der Waals surface area contributed by atoms with Crippen LogP contribution in [-0.2, 0) is 16.1 Å². The van der Waals surface area contributed by atoms with Crippen LogP contribution in [0.4, 0.5) is 0 Å². The Morgan fingerprint density at radius 3 is 2.57 bits per heavy atom. The number of carbonyl (C=O) groups excluding carboxylic acids is 1. The summed E-state index contributed by atoms with van der Waals surface area (Å²) in [5.41, 5.74) is 1.11. The molecular weight excluding hydrogens is 298 g/mol. The van der Waals surface area contributed by atoms with Crippen LogP contribution >= 0.6 is 0 Å². The number of hydrogen-bond acceptors (Lipinski definition) is 5. The van der Waals surface area contributed by atoms with E-state index < -0.39 is 0 Å². The number of ether oxygens (including phenoxy) is 2. The van der Waals surface area contributed by atoms with Gasteiger partial charge in [-0.15, -0.1) is 0 Å². The fraction of sp³-hybridized carbons (Fsp3) is 0.312. The summed E-state index contributed by atoms with van der Waals surface area (Å²) in [6, 6.07) is 10.3. The first kappa shape index (κ1) is 16.7. The topological polar surface area (TPSA) is 82.4 Å². The quantitative estimate of drug-likeness (QED) is 0.760. The first-order valence-electron chi connectivity index (χ1n) is 7.12. The number of nitrogens with zero attached hydrogens (tertiary/aromatic N) is 2. The lowest BCUT2D eigenvalue weighted by atomic mass is 10.1. The van der Waals surface area contributed by atoms with Gasteiger partial charge in [-0.2, -0.15) is 5.10 Å². The highest BCUT2D eigenvalue weighted by Crippen LogP contribution is 2.19. The smallest absolute Gasteiger partial charge is 0.267 e. The van der Waals surface area contributed by atoms with Crippen LogP contribution in [0.5, 0.6) is 5.75 Å². The molecular formula is C16H19N3O4. The fourth-order valence-corrected chi connectivity index (χ4v) is 1.96. The molecule has 0 atom stereocenters. The van der Waals surface area contributed by atoms with Crippen molar-refractivity contribution in [1.29, 1.82) is 0 Å². The Hall–Kier alpha value is -2.67. The molecule has 0 bridgehead atoms. The number of amides is 1. The van der Waals surface area contributed by atoms with Crippen molar-refractivity contribution in [2.75, 3.05) is 27.4 Å². The lowest BCUT2D eigenvalue weighted by molar-refractivity contribution is -0.122. The fourth-order valence-electron chi connectivity index (χ4n) is 1.96. The van der Waals surface area contributed by atoms with Gasteiger partial charge in [-0.3, -0.25) is 9.59 Å². The van der Waals surface area contributed by atoms with E-state index in [-0.39, 0.29) is 18.0 Å². The van der Waals surface area contributed by atoms with Gasteiger partial charge in [0.05, 0.1) is 19.4 Å². The van der Waals surface area contributed by atoms with Crippen LogP contribution < -0.4 is 15.6 Å². The third kappa shape index (κ3) is 4.65. The molecule has 2 aromatic rings. The maximum Gasteiger partial charge on any atom is 0.267 e. The van der Waals surface area contributed by atoms with Gasteiger partial charge in [0.15, 0.2) is 0 Å². The molecule has 2 rings (SSSR count). The summed E-state index contributed by atoms with van der Waals surface area (Å²) in [4.78, 5) is 23.6. The van der Waals surface area contributed by atoms with Gasteiger partial charge in [0.25, 0.3) is 5.56 Å². The van der Waals surface area contributed by atoms with E-state index >= 15 is 0 Å². The Kier molecular flexibility index (Phi) is 5.87. The summed E-state index contributed by atoms with van der Waals surface area (Å²) >= 11 is 0. The molecule has 0 saturated carbocycles. The molecule has 0 radical (unpaired) electrons. The van der Waals surface area contributed by atoms with Gasteiger partial charge in [0.2, 0.25) is 5.91 Å². The minimum atomic E-state index is -0.329. The van der Waals surface area contributed by atoms with Gasteiger partial charge in [-0.1, -0.05) is 0 Å². The zero-order valence-corrected chi connectivity index (χ0v) is 13.1. The first-order valence-corrected chi connectivity index (χ1v) is 7.12. The summed E-state index contributed by atoms with van der Waals surface area (Å²) in [5.74, 6) is 0.447. The molecule has 7 heteroatoms. The molecule has 1 aromatic carbocycles. The van der Waals surface area contributed by atoms with Gasteiger partial charge in [-0.05, 0) is 30.3 Å². The maximum absolute atomic E-state index is 11.8. The number of hydrogen-bond donors (Lipinski definition) is 1. The Morgan fingerprint density at radius 2 is 1.91 bits per heavy atom. The minimum absolute atomic E-state index is 0.132. The minimum Gasteiger partial charge on any atom is -0.497 e. The molecule has 0 aliphatic rings. The van der Waals surface area contributed by atoms with Crippen molar-refractivity contribution in [2.45, 2.75) is 6.54 Å². The maximum atomic E-state index is 11.8. The summed E-state index contributed by atoms with van der Waals surface area (Å²) < 4.78 is 11.1. The summed E-state index contributed by atoms with van der Waals surface area (Å²) in [7, 11) is 3.15. The van der Waals surface area contributed by atoms with E-state index in [1.54, 1.807) is 20.3 Å². The number of carbonyl (C=O) groups is 1. The average molecular weight is 317 g/mol. The molecule has 23 heavy (non-hydrogen) atoms. The molecule has 0 aliphatic carbocycles. The number of rotatable bonds is 7. The molecule has 122 valence electrons. The largest absolute Gasteiger partial charge is 0.497 e. The highest BCUT2D eigenvalue weighted by Gasteiger charge is 2.08. The van der Waals surface area contributed by atoms with Crippen LogP contribution in [0.25, 0.3) is 11.3 Å². The first-order chi connectivity index (χ1) is 11.1. The van der Waals surface area contributed by atoms with E-state index in [0.717, 1.165) is 16.0 Å². The van der Waals surface area contributed by atoms with E-state index in [2.05, 4.69) is 10.4 Å². The van der Waals surface area contributed by atoms with Crippen LogP contribution in [0.3, 0.4) is 0 Å². The van der Waals surface area contributed by atoms with Gasteiger partial charge in [0.1, 0.15) is 12.3 Å². The van der Waals surface area contributed by atoms with E-state index in [9.17, 15) is 9.59 Å². The van der Waals surface area contributed by atoms with Crippen molar-refractivity contribution in [2.24, 2.45) is 0 Å². The van der Waals surface area contributed by atoms with Crippen molar-refractivity contribution >= 4 is 5.91 Å². The molecule has 0 unspecified atom stereocenters. The van der Waals surface area contributed by atoms with Gasteiger partial charge < -0.3 is 14.8 Å². The third-order valence-corrected chi connectivity index (χ3v) is 3.17. The zero-order valence-electron chi connectivity index (χ0n) is 13.1. The second kappa shape index (κ2) is 8.09. The molecule has 7 nitrogen and oxygen atoms in total. The molecule has 0 spiro atoms. The van der Waals surface area contributed by atoms with E-state index in [1.165, 1.54) is 6.07 Å². The van der Waals surface area contributed by atoms with Gasteiger partial charge >= 0.3 is 0 Å². The SMILES string of the molecule is COCCNC(=O)Cn1nc(-c2ccc(OC)cc2)ccc1=O. The second-order valence-electron chi connectivity index (χ2n) is 4.79.